The molecule has 1 aliphatic rings. The first-order valence-corrected chi connectivity index (χ1v) is 11.3. The fourth-order valence-electron chi connectivity index (χ4n) is 3.39. The molecular weight excluding hydrogens is 422 g/mol. The Morgan fingerprint density at radius 2 is 1.68 bits per heavy atom. The highest BCUT2D eigenvalue weighted by Gasteiger charge is 2.32. The molecule has 10 heteroatoms. The molecule has 0 aliphatic carbocycles. The third-order valence-electron chi connectivity index (χ3n) is 5.44. The molecule has 0 aromatic heterocycles. The monoisotopic (exact) mass is 447 g/mol. The minimum atomic E-state index is -3.79. The highest BCUT2D eigenvalue weighted by Crippen LogP contribution is 2.23. The second-order valence-electron chi connectivity index (χ2n) is 7.44. The van der Waals surface area contributed by atoms with Crippen molar-refractivity contribution >= 4 is 21.6 Å². The van der Waals surface area contributed by atoms with E-state index in [9.17, 15) is 23.3 Å². The number of nitrogens with zero attached hydrogens (tertiary/aromatic N) is 3. The van der Waals surface area contributed by atoms with Gasteiger partial charge in [-0.15, -0.1) is 0 Å². The Balaban J connectivity index is 1.62. The predicted octanol–water partition coefficient (Wildman–Crippen LogP) is 2.51. The topological polar surface area (TPSA) is 110 Å². The zero-order valence-electron chi connectivity index (χ0n) is 17.6. The van der Waals surface area contributed by atoms with E-state index in [2.05, 4.69) is 0 Å². The summed E-state index contributed by atoms with van der Waals surface area (Å²) in [5, 5.41) is 10.8. The number of nitro benzene ring substituents is 1. The maximum absolute atomic E-state index is 12.8. The van der Waals surface area contributed by atoms with Crippen LogP contribution in [0.2, 0.25) is 0 Å². The summed E-state index contributed by atoms with van der Waals surface area (Å²) in [5.74, 6) is 0.452. The Morgan fingerprint density at radius 3 is 2.26 bits per heavy atom. The average molecular weight is 448 g/mol. The highest BCUT2D eigenvalue weighted by molar-refractivity contribution is 7.89. The number of piperazine rings is 1. The van der Waals surface area contributed by atoms with Crippen molar-refractivity contribution in [2.75, 3.05) is 26.2 Å². The number of nitro groups is 1. The van der Waals surface area contributed by atoms with Crippen LogP contribution in [0.4, 0.5) is 5.69 Å². The highest BCUT2D eigenvalue weighted by atomic mass is 32.2. The maximum Gasteiger partial charge on any atom is 0.269 e. The van der Waals surface area contributed by atoms with E-state index in [0.717, 1.165) is 11.1 Å². The van der Waals surface area contributed by atoms with Gasteiger partial charge < -0.3 is 9.64 Å². The van der Waals surface area contributed by atoms with E-state index in [1.165, 1.54) is 28.6 Å². The third kappa shape index (κ3) is 4.86. The summed E-state index contributed by atoms with van der Waals surface area (Å²) >= 11 is 0. The number of rotatable bonds is 6. The third-order valence-corrected chi connectivity index (χ3v) is 7.35. The molecule has 0 radical (unpaired) electrons. The van der Waals surface area contributed by atoms with Crippen molar-refractivity contribution < 1.29 is 22.9 Å². The molecule has 2 aromatic rings. The maximum atomic E-state index is 12.8. The molecule has 1 atom stereocenters. The predicted molar refractivity (Wildman–Crippen MR) is 114 cm³/mol. The lowest BCUT2D eigenvalue weighted by molar-refractivity contribution is -0.384. The Labute approximate surface area is 181 Å². The number of amides is 1. The number of ether oxygens (including phenoxy) is 1. The zero-order valence-corrected chi connectivity index (χ0v) is 18.5. The number of non-ortho nitro benzene ring substituents is 1. The second-order valence-corrected chi connectivity index (χ2v) is 9.38. The van der Waals surface area contributed by atoms with Gasteiger partial charge in [0, 0.05) is 38.3 Å². The summed E-state index contributed by atoms with van der Waals surface area (Å²) in [6.07, 6.45) is -0.696. The Bertz CT molecular complexity index is 1080. The number of benzene rings is 2. The Hall–Kier alpha value is -2.98. The van der Waals surface area contributed by atoms with Crippen LogP contribution in [0.5, 0.6) is 5.75 Å². The van der Waals surface area contributed by atoms with E-state index in [-0.39, 0.29) is 42.7 Å². The molecule has 1 amide bonds. The van der Waals surface area contributed by atoms with Crippen LogP contribution in [-0.4, -0.2) is 60.7 Å². The first-order chi connectivity index (χ1) is 14.6. The molecule has 0 bridgehead atoms. The van der Waals surface area contributed by atoms with E-state index in [1.54, 1.807) is 11.8 Å². The van der Waals surface area contributed by atoms with Crippen molar-refractivity contribution in [2.24, 2.45) is 0 Å². The average Bonchev–Trinajstić information content (AvgIpc) is 2.76. The molecule has 0 saturated carbocycles. The normalized spacial score (nSPS) is 16.0. The van der Waals surface area contributed by atoms with Crippen molar-refractivity contribution in [3.8, 4) is 5.75 Å². The van der Waals surface area contributed by atoms with Gasteiger partial charge in [0.05, 0.1) is 9.82 Å². The van der Waals surface area contributed by atoms with E-state index in [1.807, 2.05) is 32.0 Å². The molecule has 2 aromatic carbocycles. The summed E-state index contributed by atoms with van der Waals surface area (Å²) in [6, 6.07) is 10.4. The minimum absolute atomic E-state index is 0.00972. The van der Waals surface area contributed by atoms with Gasteiger partial charge in [0.25, 0.3) is 11.6 Å². The molecule has 1 heterocycles. The molecule has 31 heavy (non-hydrogen) atoms. The molecule has 1 fully saturated rings. The smallest absolute Gasteiger partial charge is 0.269 e. The number of carbonyl (C=O) groups excluding carboxylic acids is 1. The van der Waals surface area contributed by atoms with Crippen LogP contribution in [0.3, 0.4) is 0 Å². The fourth-order valence-corrected chi connectivity index (χ4v) is 4.81. The van der Waals surface area contributed by atoms with Crippen LogP contribution >= 0.6 is 0 Å². The molecule has 1 saturated heterocycles. The first kappa shape index (κ1) is 22.7. The standard InChI is InChI=1S/C21H25N3O6S/c1-15-5-4-6-20(16(15)2)30-17(3)21(25)22-11-13-23(14-12-22)31(28,29)19-9-7-18(8-10-19)24(26)27/h4-10,17H,11-14H2,1-3H3. The summed E-state index contributed by atoms with van der Waals surface area (Å²) in [7, 11) is -3.79. The lowest BCUT2D eigenvalue weighted by Crippen LogP contribution is -2.53. The van der Waals surface area contributed by atoms with Gasteiger partial charge in [-0.05, 0) is 50.1 Å². The van der Waals surface area contributed by atoms with Crippen LogP contribution in [-0.2, 0) is 14.8 Å². The molecule has 1 unspecified atom stereocenters. The molecule has 3 rings (SSSR count). The van der Waals surface area contributed by atoms with Gasteiger partial charge in [-0.3, -0.25) is 14.9 Å². The summed E-state index contributed by atoms with van der Waals surface area (Å²) < 4.78 is 32.8. The van der Waals surface area contributed by atoms with Crippen LogP contribution in [0.25, 0.3) is 0 Å². The molecule has 0 N–H and O–H groups in total. The van der Waals surface area contributed by atoms with Crippen LogP contribution < -0.4 is 4.74 Å². The van der Waals surface area contributed by atoms with Gasteiger partial charge in [0.1, 0.15) is 5.75 Å². The van der Waals surface area contributed by atoms with Crippen molar-refractivity contribution in [2.45, 2.75) is 31.8 Å². The summed E-state index contributed by atoms with van der Waals surface area (Å²) in [4.78, 5) is 24.6. The zero-order chi connectivity index (χ0) is 22.8. The van der Waals surface area contributed by atoms with Gasteiger partial charge in [-0.2, -0.15) is 4.31 Å². The van der Waals surface area contributed by atoms with Gasteiger partial charge >= 0.3 is 0 Å². The fraction of sp³-hybridized carbons (Fsp3) is 0.381. The van der Waals surface area contributed by atoms with Gasteiger partial charge in [-0.1, -0.05) is 12.1 Å². The first-order valence-electron chi connectivity index (χ1n) is 9.87. The summed E-state index contributed by atoms with van der Waals surface area (Å²) in [6.45, 7) is 6.35. The van der Waals surface area contributed by atoms with E-state index < -0.39 is 21.1 Å². The van der Waals surface area contributed by atoms with Gasteiger partial charge in [0.2, 0.25) is 10.0 Å². The van der Waals surface area contributed by atoms with Crippen LogP contribution in [0.15, 0.2) is 47.4 Å². The van der Waals surface area contributed by atoms with Crippen molar-refractivity contribution in [3.05, 3.63) is 63.7 Å². The second kappa shape index (κ2) is 9.03. The Kier molecular flexibility index (Phi) is 6.61. The van der Waals surface area contributed by atoms with E-state index >= 15 is 0 Å². The Morgan fingerprint density at radius 1 is 1.06 bits per heavy atom. The van der Waals surface area contributed by atoms with Gasteiger partial charge in [-0.25, -0.2) is 8.42 Å². The van der Waals surface area contributed by atoms with E-state index in [4.69, 9.17) is 4.74 Å². The summed E-state index contributed by atoms with van der Waals surface area (Å²) in [5.41, 5.74) is 1.87. The number of hydrogen-bond donors (Lipinski definition) is 0. The van der Waals surface area contributed by atoms with Crippen molar-refractivity contribution in [3.63, 3.8) is 0 Å². The molecule has 0 spiro atoms. The number of sulfonamides is 1. The largest absolute Gasteiger partial charge is 0.481 e. The van der Waals surface area contributed by atoms with Crippen molar-refractivity contribution in [1.82, 2.24) is 9.21 Å². The lowest BCUT2D eigenvalue weighted by atomic mass is 10.1. The molecule has 1 aliphatic heterocycles. The van der Waals surface area contributed by atoms with Crippen LogP contribution in [0.1, 0.15) is 18.1 Å². The van der Waals surface area contributed by atoms with Gasteiger partial charge in [0.15, 0.2) is 6.10 Å². The number of hydrogen-bond acceptors (Lipinski definition) is 6. The molecule has 166 valence electrons. The van der Waals surface area contributed by atoms with Crippen molar-refractivity contribution in [1.29, 1.82) is 0 Å². The minimum Gasteiger partial charge on any atom is -0.481 e. The SMILES string of the molecule is Cc1cccc(OC(C)C(=O)N2CCN(S(=O)(=O)c3ccc([N+](=O)[O-])cc3)CC2)c1C. The number of aryl methyl sites for hydroxylation is 1. The van der Waals surface area contributed by atoms with Crippen LogP contribution in [0, 0.1) is 24.0 Å². The quantitative estimate of drug-likeness (QED) is 0.497. The number of carbonyl (C=O) groups is 1. The molecular formula is C21H25N3O6S. The molecule has 9 nitrogen and oxygen atoms in total. The lowest BCUT2D eigenvalue weighted by Gasteiger charge is -2.35. The van der Waals surface area contributed by atoms with E-state index in [0.29, 0.717) is 5.75 Å².